The van der Waals surface area contributed by atoms with Crippen LogP contribution in [0.1, 0.15) is 11.3 Å². The minimum atomic E-state index is -3.68. The molecule has 0 fully saturated rings. The Morgan fingerprint density at radius 3 is 2.65 bits per heavy atom. The van der Waals surface area contributed by atoms with Gasteiger partial charge < -0.3 is 5.73 Å². The van der Waals surface area contributed by atoms with E-state index in [2.05, 4.69) is 9.71 Å². The summed E-state index contributed by atoms with van der Waals surface area (Å²) in [7, 11) is -3.68. The molecule has 1 heterocycles. The van der Waals surface area contributed by atoms with Crippen molar-refractivity contribution < 1.29 is 8.42 Å². The second-order valence-electron chi connectivity index (χ2n) is 4.11. The molecule has 3 N–H and O–H groups in total. The molecule has 0 bridgehead atoms. The molecule has 1 aromatic carbocycles. The Bertz CT molecular complexity index is 690. The van der Waals surface area contributed by atoms with Crippen molar-refractivity contribution in [3.8, 4) is 0 Å². The van der Waals surface area contributed by atoms with Gasteiger partial charge in [-0.05, 0) is 29.8 Å². The number of halogens is 1. The molecule has 2 aromatic rings. The Morgan fingerprint density at radius 1 is 1.25 bits per heavy atom. The largest absolute Gasteiger partial charge is 0.326 e. The van der Waals surface area contributed by atoms with Crippen molar-refractivity contribution in [2.75, 3.05) is 0 Å². The molecular formula is C13H14ClN3O2S. The Morgan fingerprint density at radius 2 is 2.05 bits per heavy atom. The second-order valence-corrected chi connectivity index (χ2v) is 6.26. The molecule has 7 heteroatoms. The third-order valence-corrected chi connectivity index (χ3v) is 4.58. The summed E-state index contributed by atoms with van der Waals surface area (Å²) in [5, 5.41) is 0.154. The van der Waals surface area contributed by atoms with E-state index in [-0.39, 0.29) is 16.5 Å². The molecule has 0 radical (unpaired) electrons. The van der Waals surface area contributed by atoms with Crippen LogP contribution in [0.4, 0.5) is 0 Å². The molecular weight excluding hydrogens is 298 g/mol. The van der Waals surface area contributed by atoms with Gasteiger partial charge in [-0.15, -0.1) is 0 Å². The molecule has 0 saturated heterocycles. The first-order chi connectivity index (χ1) is 9.53. The van der Waals surface area contributed by atoms with E-state index in [1.54, 1.807) is 36.5 Å². The van der Waals surface area contributed by atoms with Crippen LogP contribution >= 0.6 is 11.6 Å². The fourth-order valence-corrected chi connectivity index (χ4v) is 3.20. The summed E-state index contributed by atoms with van der Waals surface area (Å²) in [5.74, 6) is 0. The Hall–Kier alpha value is -1.47. The molecule has 0 atom stereocenters. The van der Waals surface area contributed by atoms with E-state index in [9.17, 15) is 8.42 Å². The number of sulfonamides is 1. The zero-order valence-corrected chi connectivity index (χ0v) is 12.2. The normalized spacial score (nSPS) is 11.5. The second kappa shape index (κ2) is 6.32. The number of benzene rings is 1. The lowest BCUT2D eigenvalue weighted by Gasteiger charge is -2.09. The predicted molar refractivity (Wildman–Crippen MR) is 77.6 cm³/mol. The highest BCUT2D eigenvalue weighted by molar-refractivity contribution is 7.89. The summed E-state index contributed by atoms with van der Waals surface area (Å²) in [5.41, 5.74) is 6.89. The van der Waals surface area contributed by atoms with Crippen LogP contribution < -0.4 is 10.5 Å². The summed E-state index contributed by atoms with van der Waals surface area (Å²) >= 11 is 5.98. The lowest BCUT2D eigenvalue weighted by molar-refractivity contribution is 0.580. The van der Waals surface area contributed by atoms with Gasteiger partial charge in [-0.2, -0.15) is 0 Å². The SMILES string of the molecule is NCc1ccc(S(=O)(=O)NCc2ccccn2)c(Cl)c1. The lowest BCUT2D eigenvalue weighted by atomic mass is 10.2. The summed E-state index contributed by atoms with van der Waals surface area (Å²) in [6, 6.07) is 9.94. The smallest absolute Gasteiger partial charge is 0.242 e. The van der Waals surface area contributed by atoms with Crippen LogP contribution in [0.2, 0.25) is 5.02 Å². The molecule has 106 valence electrons. The Kier molecular flexibility index (Phi) is 4.72. The summed E-state index contributed by atoms with van der Waals surface area (Å²) in [6.45, 7) is 0.416. The van der Waals surface area contributed by atoms with Crippen LogP contribution in [0.15, 0.2) is 47.5 Å². The number of nitrogens with two attached hydrogens (primary N) is 1. The van der Waals surface area contributed by atoms with E-state index in [0.29, 0.717) is 12.2 Å². The standard InChI is InChI=1S/C13H14ClN3O2S/c14-12-7-10(8-15)4-5-13(12)20(18,19)17-9-11-3-1-2-6-16-11/h1-7,17H,8-9,15H2. The van der Waals surface area contributed by atoms with Crippen molar-refractivity contribution in [2.24, 2.45) is 5.73 Å². The highest BCUT2D eigenvalue weighted by Crippen LogP contribution is 2.22. The number of hydrogen-bond donors (Lipinski definition) is 2. The third-order valence-electron chi connectivity index (χ3n) is 2.69. The van der Waals surface area contributed by atoms with Crippen LogP contribution in [0.5, 0.6) is 0 Å². The first-order valence-electron chi connectivity index (χ1n) is 5.91. The maximum absolute atomic E-state index is 12.2. The molecule has 1 aromatic heterocycles. The summed E-state index contributed by atoms with van der Waals surface area (Å²) in [4.78, 5) is 4.08. The fourth-order valence-electron chi connectivity index (χ4n) is 1.64. The van der Waals surface area contributed by atoms with Gasteiger partial charge >= 0.3 is 0 Å². The van der Waals surface area contributed by atoms with Crippen LogP contribution in [0, 0.1) is 0 Å². The van der Waals surface area contributed by atoms with Gasteiger partial charge in [-0.3, -0.25) is 4.98 Å². The molecule has 0 aliphatic carbocycles. The van der Waals surface area contributed by atoms with E-state index >= 15 is 0 Å². The molecule has 0 saturated carbocycles. The van der Waals surface area contributed by atoms with Crippen LogP contribution in [0.3, 0.4) is 0 Å². The molecule has 0 amide bonds. The van der Waals surface area contributed by atoms with Crippen molar-refractivity contribution in [3.63, 3.8) is 0 Å². The van der Waals surface area contributed by atoms with Gasteiger partial charge in [-0.1, -0.05) is 23.7 Å². The number of aromatic nitrogens is 1. The molecule has 0 unspecified atom stereocenters. The van der Waals surface area contributed by atoms with Gasteiger partial charge in [0, 0.05) is 12.7 Å². The molecule has 0 spiro atoms. The van der Waals surface area contributed by atoms with Gasteiger partial charge in [0.15, 0.2) is 0 Å². The van der Waals surface area contributed by atoms with E-state index in [0.717, 1.165) is 5.56 Å². The Balaban J connectivity index is 2.18. The highest BCUT2D eigenvalue weighted by atomic mass is 35.5. The van der Waals surface area contributed by atoms with Crippen molar-refractivity contribution in [1.29, 1.82) is 0 Å². The third kappa shape index (κ3) is 3.55. The predicted octanol–water partition coefficient (Wildman–Crippen LogP) is 1.67. The minimum Gasteiger partial charge on any atom is -0.326 e. The van der Waals surface area contributed by atoms with Crippen LogP contribution in [-0.2, 0) is 23.1 Å². The zero-order chi connectivity index (χ0) is 14.6. The van der Waals surface area contributed by atoms with Crippen molar-refractivity contribution >= 4 is 21.6 Å². The van der Waals surface area contributed by atoms with Gasteiger partial charge in [0.2, 0.25) is 10.0 Å². The topological polar surface area (TPSA) is 85.1 Å². The van der Waals surface area contributed by atoms with Crippen molar-refractivity contribution in [2.45, 2.75) is 18.0 Å². The van der Waals surface area contributed by atoms with E-state index in [4.69, 9.17) is 17.3 Å². The van der Waals surface area contributed by atoms with Crippen molar-refractivity contribution in [1.82, 2.24) is 9.71 Å². The quantitative estimate of drug-likeness (QED) is 0.879. The number of nitrogens with zero attached hydrogens (tertiary/aromatic N) is 1. The first-order valence-corrected chi connectivity index (χ1v) is 7.77. The molecule has 0 aliphatic heterocycles. The van der Waals surface area contributed by atoms with E-state index in [1.807, 2.05) is 0 Å². The van der Waals surface area contributed by atoms with Gasteiger partial charge in [-0.25, -0.2) is 13.1 Å². The number of hydrogen-bond acceptors (Lipinski definition) is 4. The van der Waals surface area contributed by atoms with Crippen LogP contribution in [-0.4, -0.2) is 13.4 Å². The zero-order valence-electron chi connectivity index (χ0n) is 10.6. The maximum Gasteiger partial charge on any atom is 0.242 e. The number of pyridine rings is 1. The highest BCUT2D eigenvalue weighted by Gasteiger charge is 2.17. The first kappa shape index (κ1) is 14.9. The molecule has 0 aliphatic rings. The molecule has 5 nitrogen and oxygen atoms in total. The Labute approximate surface area is 122 Å². The monoisotopic (exact) mass is 311 g/mol. The van der Waals surface area contributed by atoms with E-state index in [1.165, 1.54) is 6.07 Å². The average Bonchev–Trinajstić information content (AvgIpc) is 2.46. The minimum absolute atomic E-state index is 0.0345. The summed E-state index contributed by atoms with van der Waals surface area (Å²) in [6.07, 6.45) is 1.60. The summed E-state index contributed by atoms with van der Waals surface area (Å²) < 4.78 is 26.8. The van der Waals surface area contributed by atoms with Gasteiger partial charge in [0.05, 0.1) is 17.3 Å². The van der Waals surface area contributed by atoms with Crippen LogP contribution in [0.25, 0.3) is 0 Å². The van der Waals surface area contributed by atoms with Gasteiger partial charge in [0.25, 0.3) is 0 Å². The van der Waals surface area contributed by atoms with Crippen molar-refractivity contribution in [3.05, 3.63) is 58.9 Å². The number of nitrogens with one attached hydrogen (secondary N) is 1. The maximum atomic E-state index is 12.2. The van der Waals surface area contributed by atoms with Gasteiger partial charge in [0.1, 0.15) is 4.90 Å². The van der Waals surface area contributed by atoms with E-state index < -0.39 is 10.0 Å². The molecule has 20 heavy (non-hydrogen) atoms. The fraction of sp³-hybridized carbons (Fsp3) is 0.154. The average molecular weight is 312 g/mol. The molecule has 2 rings (SSSR count). The number of rotatable bonds is 5. The lowest BCUT2D eigenvalue weighted by Crippen LogP contribution is -2.24.